The van der Waals surface area contributed by atoms with Crippen LogP contribution in [0.4, 0.5) is 0 Å². The van der Waals surface area contributed by atoms with Crippen LogP contribution in [-0.2, 0) is 30.3 Å². The zero-order chi connectivity index (χ0) is 35.5. The van der Waals surface area contributed by atoms with Crippen LogP contribution in [0.15, 0.2) is 24.3 Å². The fourth-order valence-electron chi connectivity index (χ4n) is 8.52. The molecule has 2 unspecified atom stereocenters. The molecule has 5 rings (SSSR count). The number of aryl methyl sites for hydroxylation is 1. The molecule has 0 spiro atoms. The Morgan fingerprint density at radius 2 is 1.59 bits per heavy atom. The van der Waals surface area contributed by atoms with E-state index in [1.807, 2.05) is 51.9 Å². The average molecular weight is 680 g/mol. The fraction of sp³-hybridized carbons (Fsp3) is 0.744. The molecule has 1 N–H and O–H groups in total. The van der Waals surface area contributed by atoms with E-state index < -0.39 is 17.5 Å². The molecule has 1 aromatic carbocycles. The van der Waals surface area contributed by atoms with Gasteiger partial charge >= 0.3 is 5.97 Å². The number of fused-ring (bicyclic) bond motifs is 1. The predicted octanol–water partition coefficient (Wildman–Crippen LogP) is 4.56. The second-order valence-corrected chi connectivity index (χ2v) is 16.4. The number of carbonyl (C=O) groups is 4. The van der Waals surface area contributed by atoms with Crippen molar-refractivity contribution in [2.45, 2.75) is 135 Å². The molecule has 3 saturated heterocycles. The summed E-state index contributed by atoms with van der Waals surface area (Å²) < 4.78 is 6.12. The van der Waals surface area contributed by atoms with Crippen LogP contribution < -0.4 is 5.32 Å². The molecule has 3 fully saturated rings. The number of ether oxygens (including phenoxy) is 1. The third kappa shape index (κ3) is 8.50. The van der Waals surface area contributed by atoms with Gasteiger partial charge in [0.2, 0.25) is 17.7 Å². The third-order valence-electron chi connectivity index (χ3n) is 11.5. The van der Waals surface area contributed by atoms with Gasteiger partial charge in [0.25, 0.3) is 0 Å². The Hall–Kier alpha value is -2.98. The standard InChI is InChI=1S/C39H61N5O5/c1-26(2)32(42(7)37(47)34(39(3,4)5)40-35(45)29-18-10-11-22-41(29)6)25-43-23-13-19-30(43)36(46)44-24-14-20-31(44)38(48)49-33-21-12-16-27-15-8-9-17-28(27)33/h8-9,15,17,26,29-34H,10-14,16,18-25H2,1-7H3,(H,40,45)/t29?,30-,31-,32+,33?,34+/m0/s1. The Morgan fingerprint density at radius 1 is 0.898 bits per heavy atom. The summed E-state index contributed by atoms with van der Waals surface area (Å²) in [5.74, 6) is -0.363. The van der Waals surface area contributed by atoms with E-state index in [1.54, 1.807) is 4.90 Å². The lowest BCUT2D eigenvalue weighted by Gasteiger charge is -2.41. The monoisotopic (exact) mass is 679 g/mol. The maximum Gasteiger partial charge on any atom is 0.329 e. The Morgan fingerprint density at radius 3 is 2.31 bits per heavy atom. The number of esters is 1. The first-order valence-electron chi connectivity index (χ1n) is 18.9. The van der Waals surface area contributed by atoms with Crippen LogP contribution in [0, 0.1) is 11.3 Å². The molecule has 1 aliphatic carbocycles. The predicted molar refractivity (Wildman–Crippen MR) is 191 cm³/mol. The summed E-state index contributed by atoms with van der Waals surface area (Å²) in [6, 6.07) is 6.23. The van der Waals surface area contributed by atoms with Crippen molar-refractivity contribution < 1.29 is 23.9 Å². The molecule has 6 atom stereocenters. The molecule has 272 valence electrons. The minimum atomic E-state index is -0.676. The summed E-state index contributed by atoms with van der Waals surface area (Å²) in [5, 5.41) is 3.15. The number of carbonyl (C=O) groups excluding carboxylic acids is 4. The van der Waals surface area contributed by atoms with Crippen LogP contribution in [0.25, 0.3) is 0 Å². The molecule has 10 nitrogen and oxygen atoms in total. The van der Waals surface area contributed by atoms with E-state index >= 15 is 0 Å². The maximum atomic E-state index is 14.2. The lowest BCUT2D eigenvalue weighted by atomic mass is 9.84. The Kier molecular flexibility index (Phi) is 12.1. The van der Waals surface area contributed by atoms with Crippen molar-refractivity contribution >= 4 is 23.7 Å². The van der Waals surface area contributed by atoms with Crippen LogP contribution in [0.5, 0.6) is 0 Å². The molecule has 3 aliphatic heterocycles. The van der Waals surface area contributed by atoms with Crippen LogP contribution in [0.2, 0.25) is 0 Å². The zero-order valence-electron chi connectivity index (χ0n) is 31.1. The highest BCUT2D eigenvalue weighted by Crippen LogP contribution is 2.34. The second-order valence-electron chi connectivity index (χ2n) is 16.4. The van der Waals surface area contributed by atoms with Crippen LogP contribution in [0.1, 0.15) is 110 Å². The number of piperidine rings is 1. The minimum Gasteiger partial charge on any atom is -0.456 e. The van der Waals surface area contributed by atoms with E-state index in [0.29, 0.717) is 19.5 Å². The smallest absolute Gasteiger partial charge is 0.329 e. The summed E-state index contributed by atoms with van der Waals surface area (Å²) in [6.45, 7) is 13.0. The molecular formula is C39H61N5O5. The van der Waals surface area contributed by atoms with E-state index in [-0.39, 0.29) is 53.8 Å². The Bertz CT molecular complexity index is 1340. The molecule has 4 aliphatic rings. The molecule has 3 heterocycles. The molecule has 10 heteroatoms. The highest BCUT2D eigenvalue weighted by Gasteiger charge is 2.44. The van der Waals surface area contributed by atoms with Crippen molar-refractivity contribution in [3.63, 3.8) is 0 Å². The van der Waals surface area contributed by atoms with Crippen molar-refractivity contribution in [2.24, 2.45) is 11.3 Å². The fourth-order valence-corrected chi connectivity index (χ4v) is 8.52. The number of hydrogen-bond acceptors (Lipinski definition) is 7. The van der Waals surface area contributed by atoms with Crippen molar-refractivity contribution in [2.75, 3.05) is 40.3 Å². The molecule has 49 heavy (non-hydrogen) atoms. The molecular weight excluding hydrogens is 618 g/mol. The number of likely N-dealkylation sites (N-methyl/N-ethyl adjacent to an activating group) is 2. The van der Waals surface area contributed by atoms with E-state index in [1.165, 1.54) is 5.56 Å². The van der Waals surface area contributed by atoms with E-state index in [2.05, 4.69) is 41.1 Å². The topological polar surface area (TPSA) is 103 Å². The van der Waals surface area contributed by atoms with Gasteiger partial charge < -0.3 is 19.9 Å². The first kappa shape index (κ1) is 37.3. The van der Waals surface area contributed by atoms with Gasteiger partial charge in [-0.15, -0.1) is 0 Å². The van der Waals surface area contributed by atoms with E-state index in [0.717, 1.165) is 76.4 Å². The number of rotatable bonds is 10. The first-order valence-corrected chi connectivity index (χ1v) is 18.9. The number of amides is 3. The van der Waals surface area contributed by atoms with Crippen molar-refractivity contribution in [1.29, 1.82) is 0 Å². The minimum absolute atomic E-state index is 0.00564. The van der Waals surface area contributed by atoms with Crippen molar-refractivity contribution in [3.8, 4) is 0 Å². The second kappa shape index (κ2) is 15.9. The van der Waals surface area contributed by atoms with Gasteiger partial charge in [-0.3, -0.25) is 24.2 Å². The summed E-state index contributed by atoms with van der Waals surface area (Å²) in [5.41, 5.74) is 1.85. The van der Waals surface area contributed by atoms with E-state index in [9.17, 15) is 19.2 Å². The normalized spacial score (nSPS) is 26.2. The maximum absolute atomic E-state index is 14.2. The summed E-state index contributed by atoms with van der Waals surface area (Å²) >= 11 is 0. The van der Waals surface area contributed by atoms with Crippen molar-refractivity contribution in [3.05, 3.63) is 35.4 Å². The van der Waals surface area contributed by atoms with Gasteiger partial charge in [0, 0.05) is 26.2 Å². The van der Waals surface area contributed by atoms with Gasteiger partial charge in [-0.25, -0.2) is 4.79 Å². The zero-order valence-corrected chi connectivity index (χ0v) is 31.1. The highest BCUT2D eigenvalue weighted by atomic mass is 16.5. The van der Waals surface area contributed by atoms with Crippen molar-refractivity contribution in [1.82, 2.24) is 24.9 Å². The van der Waals surface area contributed by atoms with Gasteiger partial charge in [0.05, 0.1) is 12.1 Å². The van der Waals surface area contributed by atoms with Gasteiger partial charge in [0.1, 0.15) is 18.2 Å². The Labute approximate surface area is 294 Å². The molecule has 0 aromatic heterocycles. The van der Waals surface area contributed by atoms with Gasteiger partial charge in [-0.05, 0) is 100 Å². The van der Waals surface area contributed by atoms with Gasteiger partial charge in [-0.2, -0.15) is 0 Å². The molecule has 1 aromatic rings. The summed E-state index contributed by atoms with van der Waals surface area (Å²) in [6.07, 6.45) is 8.42. The molecule has 0 radical (unpaired) electrons. The molecule has 0 saturated carbocycles. The summed E-state index contributed by atoms with van der Waals surface area (Å²) in [7, 11) is 3.82. The van der Waals surface area contributed by atoms with Gasteiger partial charge in [-0.1, -0.05) is 65.3 Å². The van der Waals surface area contributed by atoms with Crippen LogP contribution in [0.3, 0.4) is 0 Å². The van der Waals surface area contributed by atoms with Crippen LogP contribution >= 0.6 is 0 Å². The number of nitrogens with zero attached hydrogens (tertiary/aromatic N) is 4. The van der Waals surface area contributed by atoms with Crippen LogP contribution in [-0.4, -0.2) is 114 Å². The lowest BCUT2D eigenvalue weighted by molar-refractivity contribution is -0.160. The largest absolute Gasteiger partial charge is 0.456 e. The quantitative estimate of drug-likeness (QED) is 0.362. The number of benzene rings is 1. The number of nitrogens with one attached hydrogen (secondary N) is 1. The number of likely N-dealkylation sites (tertiary alicyclic amines) is 3. The van der Waals surface area contributed by atoms with Gasteiger partial charge in [0.15, 0.2) is 0 Å². The highest BCUT2D eigenvalue weighted by molar-refractivity contribution is 5.91. The number of hydrogen-bond donors (Lipinski definition) is 1. The summed E-state index contributed by atoms with van der Waals surface area (Å²) in [4.78, 5) is 63.4. The SMILES string of the molecule is CC(C)[C@@H](CN1CCC[C@H]1C(=O)N1CCC[C@H]1C(=O)OC1CCCc2ccccc21)N(C)C(=O)[C@@H](NC(=O)C1CCCCN1C)C(C)(C)C. The third-order valence-corrected chi connectivity index (χ3v) is 11.5. The van der Waals surface area contributed by atoms with E-state index in [4.69, 9.17) is 4.74 Å². The molecule has 3 amide bonds. The molecule has 0 bridgehead atoms. The average Bonchev–Trinajstić information content (AvgIpc) is 3.75. The first-order chi connectivity index (χ1) is 23.3. The Balaban J connectivity index is 1.25. The lowest BCUT2D eigenvalue weighted by Crippen LogP contribution is -2.61.